The Kier molecular flexibility index (Phi) is 1.85. The minimum Gasteiger partial charge on any atom is -0.408 e. The maximum Gasteiger partial charge on any atom is 0.417 e. The van der Waals surface area contributed by atoms with Gasteiger partial charge in [0, 0.05) is 12.6 Å². The SMILES string of the molecule is Cn1ncc(-c2ccc3[nH]c(=O)oc3c2)c1N. The zero-order chi connectivity index (χ0) is 12.0. The van der Waals surface area contributed by atoms with Gasteiger partial charge in [-0.2, -0.15) is 5.10 Å². The molecule has 17 heavy (non-hydrogen) atoms. The van der Waals surface area contributed by atoms with Gasteiger partial charge in [0.1, 0.15) is 5.82 Å². The molecular weight excluding hydrogens is 220 g/mol. The Morgan fingerprint density at radius 2 is 2.29 bits per heavy atom. The normalized spacial score (nSPS) is 11.1. The summed E-state index contributed by atoms with van der Waals surface area (Å²) in [6.45, 7) is 0. The molecule has 1 aromatic carbocycles. The molecule has 3 N–H and O–H groups in total. The molecule has 0 radical (unpaired) electrons. The monoisotopic (exact) mass is 230 g/mol. The van der Waals surface area contributed by atoms with E-state index in [1.807, 2.05) is 6.07 Å². The van der Waals surface area contributed by atoms with Crippen LogP contribution in [0, 0.1) is 0 Å². The van der Waals surface area contributed by atoms with E-state index < -0.39 is 5.76 Å². The Hall–Kier alpha value is -2.50. The van der Waals surface area contributed by atoms with Gasteiger partial charge in [-0.3, -0.25) is 9.67 Å². The van der Waals surface area contributed by atoms with E-state index in [4.69, 9.17) is 10.2 Å². The minimum atomic E-state index is -0.462. The van der Waals surface area contributed by atoms with Gasteiger partial charge in [0.25, 0.3) is 0 Å². The number of aromatic amines is 1. The summed E-state index contributed by atoms with van der Waals surface area (Å²) in [4.78, 5) is 13.6. The van der Waals surface area contributed by atoms with Gasteiger partial charge >= 0.3 is 5.76 Å². The molecule has 0 unspecified atom stereocenters. The van der Waals surface area contributed by atoms with Gasteiger partial charge in [0.15, 0.2) is 5.58 Å². The number of anilines is 1. The third-order valence-corrected chi connectivity index (χ3v) is 2.72. The molecule has 0 aliphatic carbocycles. The highest BCUT2D eigenvalue weighted by Gasteiger charge is 2.09. The van der Waals surface area contributed by atoms with E-state index in [2.05, 4.69) is 10.1 Å². The lowest BCUT2D eigenvalue weighted by Crippen LogP contribution is -1.97. The number of benzene rings is 1. The molecule has 86 valence electrons. The largest absolute Gasteiger partial charge is 0.417 e. The first-order valence-electron chi connectivity index (χ1n) is 5.06. The molecule has 0 fully saturated rings. The van der Waals surface area contributed by atoms with Crippen LogP contribution < -0.4 is 11.5 Å². The van der Waals surface area contributed by atoms with Crippen LogP contribution in [0.5, 0.6) is 0 Å². The zero-order valence-corrected chi connectivity index (χ0v) is 9.10. The second-order valence-corrected chi connectivity index (χ2v) is 3.79. The maximum atomic E-state index is 11.0. The Morgan fingerprint density at radius 3 is 3.00 bits per heavy atom. The number of hydrogen-bond donors (Lipinski definition) is 2. The van der Waals surface area contributed by atoms with Crippen LogP contribution in [-0.4, -0.2) is 14.8 Å². The molecule has 0 amide bonds. The number of H-pyrrole nitrogens is 1. The number of nitrogen functional groups attached to an aromatic ring is 1. The molecule has 0 saturated carbocycles. The van der Waals surface area contributed by atoms with E-state index >= 15 is 0 Å². The van der Waals surface area contributed by atoms with Crippen molar-refractivity contribution in [3.8, 4) is 11.1 Å². The van der Waals surface area contributed by atoms with Crippen molar-refractivity contribution in [3.63, 3.8) is 0 Å². The Labute approximate surface area is 95.7 Å². The van der Waals surface area contributed by atoms with Crippen molar-refractivity contribution in [2.45, 2.75) is 0 Å². The van der Waals surface area contributed by atoms with Crippen LogP contribution in [0.1, 0.15) is 0 Å². The van der Waals surface area contributed by atoms with Crippen molar-refractivity contribution in [3.05, 3.63) is 34.9 Å². The highest BCUT2D eigenvalue weighted by Crippen LogP contribution is 2.27. The number of aryl methyl sites for hydroxylation is 1. The smallest absolute Gasteiger partial charge is 0.408 e. The summed E-state index contributed by atoms with van der Waals surface area (Å²) in [7, 11) is 1.77. The number of nitrogens with one attached hydrogen (secondary N) is 1. The Morgan fingerprint density at radius 1 is 1.47 bits per heavy atom. The number of oxazole rings is 1. The number of fused-ring (bicyclic) bond motifs is 1. The van der Waals surface area contributed by atoms with Crippen LogP contribution in [0.2, 0.25) is 0 Å². The van der Waals surface area contributed by atoms with Gasteiger partial charge < -0.3 is 10.2 Å². The minimum absolute atomic E-state index is 0.462. The molecule has 0 spiro atoms. The summed E-state index contributed by atoms with van der Waals surface area (Å²) in [5.74, 6) is 0.110. The van der Waals surface area contributed by atoms with Crippen molar-refractivity contribution >= 4 is 16.9 Å². The fraction of sp³-hybridized carbons (Fsp3) is 0.0909. The predicted octanol–water partition coefficient (Wildman–Crippen LogP) is 1.10. The number of hydrogen-bond acceptors (Lipinski definition) is 4. The van der Waals surface area contributed by atoms with E-state index in [9.17, 15) is 4.79 Å². The van der Waals surface area contributed by atoms with Gasteiger partial charge in [-0.25, -0.2) is 4.79 Å². The van der Waals surface area contributed by atoms with E-state index in [0.29, 0.717) is 16.9 Å². The summed E-state index contributed by atoms with van der Waals surface area (Å²) in [6, 6.07) is 5.41. The molecule has 0 aliphatic heterocycles. The molecule has 2 heterocycles. The van der Waals surface area contributed by atoms with E-state index in [0.717, 1.165) is 11.1 Å². The molecule has 0 saturated heterocycles. The van der Waals surface area contributed by atoms with Gasteiger partial charge in [0.2, 0.25) is 0 Å². The predicted molar refractivity (Wildman–Crippen MR) is 63.4 cm³/mol. The van der Waals surface area contributed by atoms with Crippen LogP contribution in [0.25, 0.3) is 22.2 Å². The molecule has 6 heteroatoms. The third-order valence-electron chi connectivity index (χ3n) is 2.72. The Balaban J connectivity index is 2.24. The maximum absolute atomic E-state index is 11.0. The van der Waals surface area contributed by atoms with Crippen LogP contribution in [0.4, 0.5) is 5.82 Å². The van der Waals surface area contributed by atoms with Crippen molar-refractivity contribution in [2.75, 3.05) is 5.73 Å². The van der Waals surface area contributed by atoms with Crippen molar-refractivity contribution in [1.29, 1.82) is 0 Å². The molecule has 3 aromatic rings. The first-order chi connectivity index (χ1) is 8.15. The molecule has 3 rings (SSSR count). The third kappa shape index (κ3) is 1.42. The lowest BCUT2D eigenvalue weighted by molar-refractivity contribution is 0.555. The average Bonchev–Trinajstić information content (AvgIpc) is 2.81. The van der Waals surface area contributed by atoms with Crippen molar-refractivity contribution in [1.82, 2.24) is 14.8 Å². The number of nitrogens with two attached hydrogens (primary N) is 1. The zero-order valence-electron chi connectivity index (χ0n) is 9.10. The highest BCUT2D eigenvalue weighted by molar-refractivity contribution is 5.83. The standard InChI is InChI=1S/C11H10N4O2/c1-15-10(12)7(5-13-15)6-2-3-8-9(4-6)17-11(16)14-8/h2-5H,12H2,1H3,(H,14,16). The molecule has 6 nitrogen and oxygen atoms in total. The lowest BCUT2D eigenvalue weighted by atomic mass is 10.1. The van der Waals surface area contributed by atoms with Gasteiger partial charge in [-0.15, -0.1) is 0 Å². The molecule has 0 atom stereocenters. The van der Waals surface area contributed by atoms with Crippen LogP contribution in [-0.2, 0) is 7.05 Å². The number of aromatic nitrogens is 3. The van der Waals surface area contributed by atoms with Crippen LogP contribution in [0.15, 0.2) is 33.6 Å². The summed E-state index contributed by atoms with van der Waals surface area (Å²) in [6.07, 6.45) is 1.68. The first kappa shape index (κ1) is 9.71. The first-order valence-corrected chi connectivity index (χ1v) is 5.06. The highest BCUT2D eigenvalue weighted by atomic mass is 16.4. The summed E-state index contributed by atoms with van der Waals surface area (Å²) in [5, 5.41) is 4.07. The topological polar surface area (TPSA) is 89.8 Å². The fourth-order valence-corrected chi connectivity index (χ4v) is 1.78. The van der Waals surface area contributed by atoms with Gasteiger partial charge in [0.05, 0.1) is 11.7 Å². The van der Waals surface area contributed by atoms with Crippen LogP contribution >= 0.6 is 0 Å². The van der Waals surface area contributed by atoms with Gasteiger partial charge in [-0.1, -0.05) is 6.07 Å². The quantitative estimate of drug-likeness (QED) is 0.655. The summed E-state index contributed by atoms with van der Waals surface area (Å²) >= 11 is 0. The van der Waals surface area contributed by atoms with Crippen molar-refractivity contribution in [2.24, 2.45) is 7.05 Å². The molecule has 0 bridgehead atoms. The molecular formula is C11H10N4O2. The summed E-state index contributed by atoms with van der Waals surface area (Å²) < 4.78 is 6.59. The van der Waals surface area contributed by atoms with Crippen molar-refractivity contribution < 1.29 is 4.42 Å². The number of nitrogens with zero attached hydrogens (tertiary/aromatic N) is 2. The van der Waals surface area contributed by atoms with Gasteiger partial charge in [-0.05, 0) is 17.7 Å². The van der Waals surface area contributed by atoms with E-state index in [1.54, 1.807) is 30.1 Å². The lowest BCUT2D eigenvalue weighted by Gasteiger charge is -2.00. The van der Waals surface area contributed by atoms with E-state index in [1.165, 1.54) is 0 Å². The molecule has 0 aliphatic rings. The van der Waals surface area contributed by atoms with E-state index in [-0.39, 0.29) is 0 Å². The molecule has 2 aromatic heterocycles. The average molecular weight is 230 g/mol. The fourth-order valence-electron chi connectivity index (χ4n) is 1.78. The van der Waals surface area contributed by atoms with Crippen LogP contribution in [0.3, 0.4) is 0 Å². The Bertz CT molecular complexity index is 750. The second kappa shape index (κ2) is 3.24. The second-order valence-electron chi connectivity index (χ2n) is 3.79. The number of rotatable bonds is 1. The summed E-state index contributed by atoms with van der Waals surface area (Å²) in [5.41, 5.74) is 8.75.